The lowest BCUT2D eigenvalue weighted by Crippen LogP contribution is -2.06. The number of hydrogen-bond donors (Lipinski definition) is 0. The van der Waals surface area contributed by atoms with Gasteiger partial charge in [-0.25, -0.2) is 4.68 Å². The Morgan fingerprint density at radius 2 is 2.25 bits per heavy atom. The van der Waals surface area contributed by atoms with Gasteiger partial charge < -0.3 is 10.5 Å². The Kier molecular flexibility index (Phi) is 1.33. The molecule has 0 spiro atoms. The Hall–Kier alpha value is -1.51. The molecule has 62 valence electrons. The Morgan fingerprint density at radius 3 is 3.00 bits per heavy atom. The van der Waals surface area contributed by atoms with Gasteiger partial charge in [0.05, 0.1) is 5.69 Å². The highest BCUT2D eigenvalue weighted by Gasteiger charge is 2.17. The summed E-state index contributed by atoms with van der Waals surface area (Å²) in [7, 11) is 1.92. The van der Waals surface area contributed by atoms with Crippen LogP contribution < -0.4 is 5.01 Å². The first-order chi connectivity index (χ1) is 5.68. The maximum Gasteiger partial charge on any atom is 0.224 e. The van der Waals surface area contributed by atoms with Gasteiger partial charge in [0.1, 0.15) is 6.72 Å². The van der Waals surface area contributed by atoms with Gasteiger partial charge in [0.15, 0.2) is 0 Å². The molecule has 3 nitrogen and oxygen atoms in total. The summed E-state index contributed by atoms with van der Waals surface area (Å²) in [6.45, 7) is 5.86. The first-order valence-corrected chi connectivity index (χ1v) is 3.85. The van der Waals surface area contributed by atoms with E-state index < -0.39 is 0 Å². The van der Waals surface area contributed by atoms with Gasteiger partial charge in [-0.2, -0.15) is 0 Å². The van der Waals surface area contributed by atoms with E-state index in [2.05, 4.69) is 37.4 Å². The summed E-state index contributed by atoms with van der Waals surface area (Å²) in [6, 6.07) is 6.21. The predicted octanol–water partition coefficient (Wildman–Crippen LogP) is 1.99. The SMILES string of the molecule is C=[N+]1[N-]N(C)c2ccc(C)cc21. The summed E-state index contributed by atoms with van der Waals surface area (Å²) in [5, 5.41) is 1.82. The smallest absolute Gasteiger partial charge is 0.224 e. The summed E-state index contributed by atoms with van der Waals surface area (Å²) >= 11 is 0. The highest BCUT2D eigenvalue weighted by molar-refractivity contribution is 5.68. The van der Waals surface area contributed by atoms with Crippen molar-refractivity contribution in [3.05, 3.63) is 29.3 Å². The topological polar surface area (TPSA) is 20.4 Å². The third-order valence-corrected chi connectivity index (χ3v) is 2.00. The maximum atomic E-state index is 4.15. The molecule has 0 aliphatic carbocycles. The molecule has 0 saturated heterocycles. The van der Waals surface area contributed by atoms with Crippen LogP contribution >= 0.6 is 0 Å². The molecule has 12 heavy (non-hydrogen) atoms. The van der Waals surface area contributed by atoms with Gasteiger partial charge in [-0.1, -0.05) is 6.07 Å². The fourth-order valence-corrected chi connectivity index (χ4v) is 1.37. The van der Waals surface area contributed by atoms with E-state index in [-0.39, 0.29) is 0 Å². The summed E-state index contributed by atoms with van der Waals surface area (Å²) in [5.41, 5.74) is 7.56. The minimum absolute atomic E-state index is 1.07. The van der Waals surface area contributed by atoms with Crippen LogP contribution in [0, 0.1) is 6.92 Å². The molecule has 1 heterocycles. The van der Waals surface area contributed by atoms with Crippen LogP contribution in [-0.2, 0) is 0 Å². The second-order valence-corrected chi connectivity index (χ2v) is 3.00. The lowest BCUT2D eigenvalue weighted by atomic mass is 10.2. The number of benzene rings is 1. The molecule has 0 unspecified atom stereocenters. The predicted molar refractivity (Wildman–Crippen MR) is 50.0 cm³/mol. The number of rotatable bonds is 0. The number of anilines is 1. The molecule has 0 amide bonds. The van der Waals surface area contributed by atoms with Gasteiger partial charge in [0, 0.05) is 6.07 Å². The summed E-state index contributed by atoms with van der Waals surface area (Å²) in [4.78, 5) is 0. The maximum absolute atomic E-state index is 4.15. The quantitative estimate of drug-likeness (QED) is 0.533. The Balaban J connectivity index is 2.60. The van der Waals surface area contributed by atoms with Gasteiger partial charge in [0.25, 0.3) is 0 Å². The largest absolute Gasteiger partial charge is 0.395 e. The molecule has 0 fully saturated rings. The molecular weight excluding hydrogens is 150 g/mol. The van der Waals surface area contributed by atoms with E-state index in [1.54, 1.807) is 4.68 Å². The summed E-state index contributed by atoms with van der Waals surface area (Å²) in [5.74, 6) is 0. The molecule has 2 rings (SSSR count). The fraction of sp³-hybridized carbons (Fsp3) is 0.222. The monoisotopic (exact) mass is 161 g/mol. The van der Waals surface area contributed by atoms with Crippen molar-refractivity contribution < 1.29 is 4.68 Å². The zero-order chi connectivity index (χ0) is 8.72. The average Bonchev–Trinajstić information content (AvgIpc) is 2.28. The van der Waals surface area contributed by atoms with Gasteiger partial charge in [-0.15, -0.1) is 0 Å². The Labute approximate surface area is 71.9 Å². The molecule has 1 aliphatic heterocycles. The number of hydrogen-bond acceptors (Lipinski definition) is 1. The third kappa shape index (κ3) is 0.863. The van der Waals surface area contributed by atoms with E-state index in [9.17, 15) is 0 Å². The molecule has 3 heteroatoms. The third-order valence-electron chi connectivity index (χ3n) is 2.00. The van der Waals surface area contributed by atoms with Gasteiger partial charge >= 0.3 is 0 Å². The van der Waals surface area contributed by atoms with Crippen molar-refractivity contribution in [2.24, 2.45) is 0 Å². The van der Waals surface area contributed by atoms with Crippen LogP contribution in [0.1, 0.15) is 5.56 Å². The van der Waals surface area contributed by atoms with Crippen LogP contribution in [0.25, 0.3) is 5.53 Å². The van der Waals surface area contributed by atoms with Crippen molar-refractivity contribution in [1.82, 2.24) is 0 Å². The molecule has 0 radical (unpaired) electrons. The van der Waals surface area contributed by atoms with Crippen LogP contribution in [0.15, 0.2) is 18.2 Å². The van der Waals surface area contributed by atoms with Crippen molar-refractivity contribution in [3.8, 4) is 0 Å². The van der Waals surface area contributed by atoms with Gasteiger partial charge in [-0.05, 0) is 25.6 Å². The highest BCUT2D eigenvalue weighted by atomic mass is 15.7. The van der Waals surface area contributed by atoms with Crippen LogP contribution in [0.5, 0.6) is 0 Å². The van der Waals surface area contributed by atoms with E-state index in [1.807, 2.05) is 12.1 Å². The minimum atomic E-state index is 1.07. The first kappa shape index (κ1) is 7.16. The number of aryl methyl sites for hydroxylation is 1. The molecule has 0 aromatic heterocycles. The Morgan fingerprint density at radius 1 is 1.50 bits per heavy atom. The second kappa shape index (κ2) is 2.24. The highest BCUT2D eigenvalue weighted by Crippen LogP contribution is 2.36. The van der Waals surface area contributed by atoms with Crippen molar-refractivity contribution in [2.45, 2.75) is 6.92 Å². The van der Waals surface area contributed by atoms with Gasteiger partial charge in [-0.3, -0.25) is 0 Å². The number of fused-ring (bicyclic) bond motifs is 1. The van der Waals surface area contributed by atoms with Crippen molar-refractivity contribution >= 4 is 18.1 Å². The minimum Gasteiger partial charge on any atom is -0.395 e. The average molecular weight is 161 g/mol. The van der Waals surface area contributed by atoms with E-state index >= 15 is 0 Å². The Bertz CT molecular complexity index is 344. The molecular formula is C9H11N3. The fourth-order valence-electron chi connectivity index (χ4n) is 1.37. The van der Waals surface area contributed by atoms with Crippen LogP contribution in [0.2, 0.25) is 0 Å². The molecule has 0 bridgehead atoms. The standard InChI is InChI=1S/C9H11N3/c1-7-4-5-8-9(6-7)12(3)10-11(8)2/h4-6H,3H2,1-2H3. The van der Waals surface area contributed by atoms with E-state index in [1.165, 1.54) is 5.56 Å². The van der Waals surface area contributed by atoms with Crippen molar-refractivity contribution in [3.63, 3.8) is 0 Å². The second-order valence-electron chi connectivity index (χ2n) is 3.00. The van der Waals surface area contributed by atoms with E-state index in [0.717, 1.165) is 11.4 Å². The van der Waals surface area contributed by atoms with Crippen molar-refractivity contribution in [2.75, 3.05) is 12.1 Å². The molecule has 1 aliphatic rings. The number of nitrogens with zero attached hydrogens (tertiary/aromatic N) is 3. The lowest BCUT2D eigenvalue weighted by molar-refractivity contribution is -0.366. The van der Waals surface area contributed by atoms with Crippen LogP contribution in [-0.4, -0.2) is 18.4 Å². The molecule has 1 aromatic carbocycles. The molecule has 0 N–H and O–H groups in total. The van der Waals surface area contributed by atoms with Crippen LogP contribution in [0.4, 0.5) is 11.4 Å². The van der Waals surface area contributed by atoms with Crippen LogP contribution in [0.3, 0.4) is 0 Å². The molecule has 0 atom stereocenters. The summed E-state index contributed by atoms with van der Waals surface area (Å²) in [6.07, 6.45) is 0. The first-order valence-electron chi connectivity index (χ1n) is 3.85. The van der Waals surface area contributed by atoms with Crippen molar-refractivity contribution in [1.29, 1.82) is 0 Å². The van der Waals surface area contributed by atoms with Gasteiger partial charge in [0.2, 0.25) is 5.69 Å². The molecule has 1 aromatic rings. The van der Waals surface area contributed by atoms with E-state index in [4.69, 9.17) is 0 Å². The van der Waals surface area contributed by atoms with E-state index in [0.29, 0.717) is 0 Å². The zero-order valence-electron chi connectivity index (χ0n) is 7.28. The normalized spacial score (nSPS) is 14.5. The summed E-state index contributed by atoms with van der Waals surface area (Å²) < 4.78 is 1.64. The molecule has 0 saturated carbocycles. The lowest BCUT2D eigenvalue weighted by Gasteiger charge is -2.18. The zero-order valence-corrected chi connectivity index (χ0v) is 7.28.